The number of nitrogen functional groups attached to an aromatic ring is 1. The largest absolute Gasteiger partial charge is 0.496 e. The minimum atomic E-state index is -0.726. The number of benzene rings is 1. The van der Waals surface area contributed by atoms with E-state index in [1.54, 1.807) is 12.1 Å². The molecule has 2 aliphatic heterocycles. The molecule has 2 aliphatic rings. The summed E-state index contributed by atoms with van der Waals surface area (Å²) in [6.07, 6.45) is 1.24. The number of unbranched alkanes of at least 4 members (excludes halogenated alkanes) is 1. The zero-order chi connectivity index (χ0) is 24.1. The number of esters is 1. The summed E-state index contributed by atoms with van der Waals surface area (Å²) in [6.45, 7) is 13.4. The SMILES string of the molecule is CC(C)(C)OC(=O)CCCCN1C(=O)c2ccc(B3OC(C)(C)C(C)(C)O3)c(N)c2C1=O. The average Bonchev–Trinajstić information content (AvgIpc) is 3.00. The molecule has 0 unspecified atom stereocenters. The molecule has 0 bridgehead atoms. The highest BCUT2D eigenvalue weighted by molar-refractivity contribution is 6.64. The Morgan fingerprint density at radius 2 is 1.66 bits per heavy atom. The van der Waals surface area contributed by atoms with E-state index in [1.165, 1.54) is 4.90 Å². The van der Waals surface area contributed by atoms with Crippen LogP contribution in [0, 0.1) is 0 Å². The van der Waals surface area contributed by atoms with Gasteiger partial charge in [-0.1, -0.05) is 6.07 Å². The van der Waals surface area contributed by atoms with Crippen LogP contribution < -0.4 is 11.2 Å². The minimum Gasteiger partial charge on any atom is -0.460 e. The number of hydrogen-bond donors (Lipinski definition) is 1. The number of nitrogens with two attached hydrogens (primary N) is 1. The number of imide groups is 1. The van der Waals surface area contributed by atoms with Gasteiger partial charge >= 0.3 is 13.1 Å². The Morgan fingerprint density at radius 3 is 2.22 bits per heavy atom. The van der Waals surface area contributed by atoms with E-state index in [4.69, 9.17) is 19.8 Å². The van der Waals surface area contributed by atoms with Gasteiger partial charge < -0.3 is 19.8 Å². The Morgan fingerprint density at radius 1 is 1.06 bits per heavy atom. The number of carbonyl (C=O) groups excluding carboxylic acids is 3. The molecule has 174 valence electrons. The van der Waals surface area contributed by atoms with E-state index in [2.05, 4.69) is 0 Å². The Balaban J connectivity index is 1.68. The Labute approximate surface area is 189 Å². The van der Waals surface area contributed by atoms with Crippen LogP contribution in [0.1, 0.15) is 88.4 Å². The van der Waals surface area contributed by atoms with Gasteiger partial charge in [0, 0.05) is 24.1 Å². The van der Waals surface area contributed by atoms with Gasteiger partial charge in [0.25, 0.3) is 11.8 Å². The normalized spacial score (nSPS) is 19.5. The lowest BCUT2D eigenvalue weighted by molar-refractivity contribution is -0.154. The fraction of sp³-hybridized carbons (Fsp3) is 0.609. The molecule has 0 aliphatic carbocycles. The van der Waals surface area contributed by atoms with Crippen molar-refractivity contribution in [2.24, 2.45) is 0 Å². The first kappa shape index (κ1) is 24.3. The zero-order valence-corrected chi connectivity index (χ0v) is 20.0. The van der Waals surface area contributed by atoms with E-state index >= 15 is 0 Å². The molecule has 0 aromatic heterocycles. The van der Waals surface area contributed by atoms with Crippen molar-refractivity contribution < 1.29 is 28.4 Å². The van der Waals surface area contributed by atoms with Crippen LogP contribution in [0.25, 0.3) is 0 Å². The van der Waals surface area contributed by atoms with Crippen LogP contribution in [0.4, 0.5) is 5.69 Å². The van der Waals surface area contributed by atoms with Crippen molar-refractivity contribution in [2.75, 3.05) is 12.3 Å². The van der Waals surface area contributed by atoms with Crippen LogP contribution in [-0.4, -0.2) is 53.1 Å². The van der Waals surface area contributed by atoms with E-state index in [-0.39, 0.29) is 41.7 Å². The second-order valence-electron chi connectivity index (χ2n) is 10.4. The van der Waals surface area contributed by atoms with Gasteiger partial charge in [0.2, 0.25) is 0 Å². The number of rotatable bonds is 6. The van der Waals surface area contributed by atoms with E-state index in [0.717, 1.165) is 0 Å². The fourth-order valence-corrected chi connectivity index (χ4v) is 3.73. The van der Waals surface area contributed by atoms with Crippen molar-refractivity contribution in [1.29, 1.82) is 0 Å². The first-order valence-corrected chi connectivity index (χ1v) is 11.0. The van der Waals surface area contributed by atoms with E-state index in [9.17, 15) is 14.4 Å². The third kappa shape index (κ3) is 4.54. The van der Waals surface area contributed by atoms with Crippen molar-refractivity contribution in [3.8, 4) is 0 Å². The lowest BCUT2D eigenvalue weighted by Crippen LogP contribution is -2.41. The monoisotopic (exact) mass is 444 g/mol. The molecule has 0 radical (unpaired) electrons. The molecule has 1 fully saturated rings. The summed E-state index contributed by atoms with van der Waals surface area (Å²) in [6, 6.07) is 3.29. The quantitative estimate of drug-likeness (QED) is 0.236. The molecule has 3 rings (SSSR count). The third-order valence-corrected chi connectivity index (χ3v) is 6.15. The average molecular weight is 444 g/mol. The van der Waals surface area contributed by atoms with Gasteiger partial charge in [0.15, 0.2) is 0 Å². The van der Waals surface area contributed by atoms with Crippen molar-refractivity contribution in [1.82, 2.24) is 4.90 Å². The van der Waals surface area contributed by atoms with Gasteiger partial charge in [0.05, 0.1) is 22.3 Å². The minimum absolute atomic E-state index is 0.189. The highest BCUT2D eigenvalue weighted by atomic mass is 16.7. The summed E-state index contributed by atoms with van der Waals surface area (Å²) < 4.78 is 17.4. The highest BCUT2D eigenvalue weighted by Gasteiger charge is 2.53. The van der Waals surface area contributed by atoms with Crippen LogP contribution in [0.15, 0.2) is 12.1 Å². The van der Waals surface area contributed by atoms with Crippen molar-refractivity contribution in [3.63, 3.8) is 0 Å². The number of amides is 2. The summed E-state index contributed by atoms with van der Waals surface area (Å²) in [5.74, 6) is -1.11. The molecule has 2 N–H and O–H groups in total. The van der Waals surface area contributed by atoms with Gasteiger partial charge in [-0.3, -0.25) is 19.3 Å². The summed E-state index contributed by atoms with van der Waals surface area (Å²) in [5, 5.41) is 0. The molecule has 8 nitrogen and oxygen atoms in total. The van der Waals surface area contributed by atoms with E-state index in [0.29, 0.717) is 18.3 Å². The van der Waals surface area contributed by atoms with Gasteiger partial charge in [-0.2, -0.15) is 0 Å². The predicted molar refractivity (Wildman–Crippen MR) is 122 cm³/mol. The molecular formula is C23H33BN2O6. The second kappa shape index (κ2) is 8.19. The summed E-state index contributed by atoms with van der Waals surface area (Å²) in [7, 11) is -0.726. The zero-order valence-electron chi connectivity index (χ0n) is 20.0. The number of nitrogens with zero attached hydrogens (tertiary/aromatic N) is 1. The maximum atomic E-state index is 13.0. The summed E-state index contributed by atoms with van der Waals surface area (Å²) in [5.41, 5.74) is 5.91. The highest BCUT2D eigenvalue weighted by Crippen LogP contribution is 2.37. The Hall–Kier alpha value is -2.39. The first-order valence-electron chi connectivity index (χ1n) is 11.0. The molecule has 9 heteroatoms. The smallest absolute Gasteiger partial charge is 0.460 e. The molecule has 1 aromatic rings. The van der Waals surface area contributed by atoms with Crippen molar-refractivity contribution >= 4 is 36.1 Å². The molecular weight excluding hydrogens is 411 g/mol. The number of fused-ring (bicyclic) bond motifs is 1. The molecule has 2 amide bonds. The molecule has 32 heavy (non-hydrogen) atoms. The van der Waals surface area contributed by atoms with E-state index in [1.807, 2.05) is 48.5 Å². The molecule has 1 aromatic carbocycles. The standard InChI is InChI=1S/C23H33BN2O6/c1-21(2,3)30-16(27)10-8-9-13-26-19(28)14-11-12-15(18(25)17(14)20(26)29)24-31-22(4,5)23(6,7)32-24/h11-12H,8-10,13,25H2,1-7H3. The predicted octanol–water partition coefficient (Wildman–Crippen LogP) is 2.68. The fourth-order valence-electron chi connectivity index (χ4n) is 3.73. The second-order valence-corrected chi connectivity index (χ2v) is 10.4. The number of anilines is 1. The number of ether oxygens (including phenoxy) is 1. The summed E-state index contributed by atoms with van der Waals surface area (Å²) >= 11 is 0. The molecule has 1 saturated heterocycles. The maximum absolute atomic E-state index is 13.0. The maximum Gasteiger partial charge on any atom is 0.496 e. The van der Waals surface area contributed by atoms with Crippen LogP contribution in [-0.2, 0) is 18.8 Å². The Bertz CT molecular complexity index is 935. The molecule has 0 spiro atoms. The van der Waals surface area contributed by atoms with Gasteiger partial charge in [-0.05, 0) is 67.4 Å². The molecule has 0 saturated carbocycles. The van der Waals surface area contributed by atoms with Crippen LogP contribution in [0.5, 0.6) is 0 Å². The lowest BCUT2D eigenvalue weighted by atomic mass is 9.76. The summed E-state index contributed by atoms with van der Waals surface area (Å²) in [4.78, 5) is 38.9. The lowest BCUT2D eigenvalue weighted by Gasteiger charge is -2.32. The van der Waals surface area contributed by atoms with Crippen LogP contribution in [0.3, 0.4) is 0 Å². The first-order chi connectivity index (χ1) is 14.6. The third-order valence-electron chi connectivity index (χ3n) is 6.15. The van der Waals surface area contributed by atoms with Gasteiger partial charge in [0.1, 0.15) is 5.60 Å². The van der Waals surface area contributed by atoms with Gasteiger partial charge in [-0.15, -0.1) is 0 Å². The van der Waals surface area contributed by atoms with Crippen molar-refractivity contribution in [3.05, 3.63) is 23.3 Å². The number of hydrogen-bond acceptors (Lipinski definition) is 7. The van der Waals surface area contributed by atoms with Crippen molar-refractivity contribution in [2.45, 2.75) is 84.5 Å². The molecule has 2 heterocycles. The van der Waals surface area contributed by atoms with Gasteiger partial charge in [-0.25, -0.2) is 0 Å². The van der Waals surface area contributed by atoms with Crippen LogP contribution >= 0.6 is 0 Å². The Kier molecular flexibility index (Phi) is 6.21. The van der Waals surface area contributed by atoms with Crippen LogP contribution in [0.2, 0.25) is 0 Å². The molecule has 0 atom stereocenters. The van der Waals surface area contributed by atoms with E-state index < -0.39 is 29.8 Å². The topological polar surface area (TPSA) is 108 Å². The number of carbonyl (C=O) groups is 3.